The highest BCUT2D eigenvalue weighted by atomic mass is 16.5. The van der Waals surface area contributed by atoms with Crippen molar-refractivity contribution in [1.82, 2.24) is 5.32 Å². The molecular weight excluding hydrogens is 246 g/mol. The van der Waals surface area contributed by atoms with Gasteiger partial charge in [-0.1, -0.05) is 37.5 Å². The van der Waals surface area contributed by atoms with Crippen LogP contribution in [0, 0.1) is 11.8 Å². The summed E-state index contributed by atoms with van der Waals surface area (Å²) in [6.45, 7) is 2.08. The van der Waals surface area contributed by atoms with E-state index in [1.54, 1.807) is 0 Å². The lowest BCUT2D eigenvalue weighted by molar-refractivity contribution is 0.187. The van der Waals surface area contributed by atoms with Crippen LogP contribution in [0.3, 0.4) is 0 Å². The maximum Gasteiger partial charge on any atom is 0.122 e. The number of para-hydroxylation sites is 1. The number of rotatable bonds is 4. The first kappa shape index (κ1) is 13.9. The van der Waals surface area contributed by atoms with Gasteiger partial charge in [0, 0.05) is 0 Å². The molecule has 110 valence electrons. The molecule has 3 unspecified atom stereocenters. The molecule has 1 fully saturated rings. The second kappa shape index (κ2) is 6.62. The largest absolute Gasteiger partial charge is 0.493 e. The summed E-state index contributed by atoms with van der Waals surface area (Å²) >= 11 is 0. The Kier molecular flexibility index (Phi) is 4.62. The highest BCUT2D eigenvalue weighted by molar-refractivity contribution is 5.37. The van der Waals surface area contributed by atoms with Crippen LogP contribution in [0.5, 0.6) is 5.75 Å². The number of fused-ring (bicyclic) bond motifs is 1. The molecule has 2 nitrogen and oxygen atoms in total. The van der Waals surface area contributed by atoms with Crippen LogP contribution < -0.4 is 10.1 Å². The van der Waals surface area contributed by atoms with Crippen molar-refractivity contribution in [2.45, 2.75) is 44.4 Å². The Morgan fingerprint density at radius 1 is 1.10 bits per heavy atom. The zero-order valence-electron chi connectivity index (χ0n) is 12.6. The molecular formula is C18H27NO. The van der Waals surface area contributed by atoms with Crippen LogP contribution in [0.2, 0.25) is 0 Å². The number of ether oxygens (including phenoxy) is 1. The first-order chi connectivity index (χ1) is 9.88. The van der Waals surface area contributed by atoms with Crippen LogP contribution in [0.25, 0.3) is 0 Å². The van der Waals surface area contributed by atoms with Gasteiger partial charge < -0.3 is 10.1 Å². The summed E-state index contributed by atoms with van der Waals surface area (Å²) in [5.41, 5.74) is 1.45. The molecule has 0 saturated heterocycles. The molecule has 0 radical (unpaired) electrons. The van der Waals surface area contributed by atoms with E-state index >= 15 is 0 Å². The van der Waals surface area contributed by atoms with Crippen LogP contribution in [0.4, 0.5) is 0 Å². The van der Waals surface area contributed by atoms with Gasteiger partial charge in [-0.05, 0) is 62.2 Å². The van der Waals surface area contributed by atoms with Crippen molar-refractivity contribution in [3.8, 4) is 5.75 Å². The lowest BCUT2D eigenvalue weighted by Crippen LogP contribution is -2.30. The minimum Gasteiger partial charge on any atom is -0.493 e. The monoisotopic (exact) mass is 273 g/mol. The van der Waals surface area contributed by atoms with Gasteiger partial charge in [0.2, 0.25) is 0 Å². The van der Waals surface area contributed by atoms with Gasteiger partial charge in [0.25, 0.3) is 0 Å². The second-order valence-electron chi connectivity index (χ2n) is 6.47. The molecule has 3 rings (SSSR count). The predicted octanol–water partition coefficient (Wildman–Crippen LogP) is 3.97. The molecule has 20 heavy (non-hydrogen) atoms. The number of nitrogens with one attached hydrogen (secondary N) is 1. The fourth-order valence-corrected chi connectivity index (χ4v) is 4.15. The maximum absolute atomic E-state index is 5.80. The highest BCUT2D eigenvalue weighted by Gasteiger charge is 2.30. The average molecular weight is 273 g/mol. The first-order valence-corrected chi connectivity index (χ1v) is 8.25. The molecule has 0 aromatic heterocycles. The fraction of sp³-hybridized carbons (Fsp3) is 0.667. The van der Waals surface area contributed by atoms with Crippen molar-refractivity contribution in [2.75, 3.05) is 20.2 Å². The van der Waals surface area contributed by atoms with Crippen molar-refractivity contribution in [2.24, 2.45) is 11.8 Å². The Morgan fingerprint density at radius 3 is 2.75 bits per heavy atom. The Labute approximate surface area is 122 Å². The van der Waals surface area contributed by atoms with E-state index in [9.17, 15) is 0 Å². The van der Waals surface area contributed by atoms with Crippen molar-refractivity contribution in [3.63, 3.8) is 0 Å². The van der Waals surface area contributed by atoms with E-state index in [1.807, 2.05) is 0 Å². The summed E-state index contributed by atoms with van der Waals surface area (Å²) in [6, 6.07) is 8.65. The number of hydrogen-bond donors (Lipinski definition) is 1. The topological polar surface area (TPSA) is 21.3 Å². The molecule has 1 aromatic carbocycles. The lowest BCUT2D eigenvalue weighted by atomic mass is 9.73. The molecule has 1 heterocycles. The summed E-state index contributed by atoms with van der Waals surface area (Å²) < 4.78 is 5.80. The lowest BCUT2D eigenvalue weighted by Gasteiger charge is -2.35. The average Bonchev–Trinajstić information content (AvgIpc) is 2.50. The molecule has 3 atom stereocenters. The molecule has 2 aliphatic rings. The maximum atomic E-state index is 5.80. The third kappa shape index (κ3) is 3.01. The Bertz CT molecular complexity index is 429. The minimum atomic E-state index is 0.711. The zero-order chi connectivity index (χ0) is 13.8. The predicted molar refractivity (Wildman–Crippen MR) is 83.3 cm³/mol. The normalized spacial score (nSPS) is 29.6. The van der Waals surface area contributed by atoms with Gasteiger partial charge in [0.15, 0.2) is 0 Å². The summed E-state index contributed by atoms with van der Waals surface area (Å²) in [6.07, 6.45) is 8.23. The van der Waals surface area contributed by atoms with Gasteiger partial charge in [-0.3, -0.25) is 0 Å². The van der Waals surface area contributed by atoms with Crippen LogP contribution in [-0.4, -0.2) is 20.2 Å². The SMILES string of the molecule is CNCC1CCCCC1CC1CCOc2ccccc21. The summed E-state index contributed by atoms with van der Waals surface area (Å²) in [4.78, 5) is 0. The minimum absolute atomic E-state index is 0.711. The van der Waals surface area contributed by atoms with Gasteiger partial charge >= 0.3 is 0 Å². The number of benzene rings is 1. The van der Waals surface area contributed by atoms with E-state index in [2.05, 4.69) is 36.6 Å². The van der Waals surface area contributed by atoms with E-state index in [-0.39, 0.29) is 0 Å². The van der Waals surface area contributed by atoms with E-state index in [0.717, 1.165) is 24.2 Å². The quantitative estimate of drug-likeness (QED) is 0.896. The Hall–Kier alpha value is -1.02. The molecule has 2 heteroatoms. The Morgan fingerprint density at radius 2 is 1.90 bits per heavy atom. The standard InChI is InChI=1S/C18H27NO/c1-19-13-16-7-3-2-6-14(16)12-15-10-11-20-18-9-5-4-8-17(15)18/h4-5,8-9,14-16,19H,2-3,6-7,10-13H2,1H3. The summed E-state index contributed by atoms with van der Waals surface area (Å²) in [7, 11) is 2.09. The van der Waals surface area contributed by atoms with Crippen molar-refractivity contribution in [3.05, 3.63) is 29.8 Å². The van der Waals surface area contributed by atoms with Gasteiger partial charge in [0.05, 0.1) is 6.61 Å². The highest BCUT2D eigenvalue weighted by Crippen LogP contribution is 2.42. The zero-order valence-corrected chi connectivity index (χ0v) is 12.6. The van der Waals surface area contributed by atoms with E-state index in [1.165, 1.54) is 50.6 Å². The van der Waals surface area contributed by atoms with Gasteiger partial charge in [-0.15, -0.1) is 0 Å². The van der Waals surface area contributed by atoms with Gasteiger partial charge in [-0.2, -0.15) is 0 Å². The van der Waals surface area contributed by atoms with Crippen LogP contribution in [-0.2, 0) is 0 Å². The molecule has 0 amide bonds. The second-order valence-corrected chi connectivity index (χ2v) is 6.47. The molecule has 0 spiro atoms. The first-order valence-electron chi connectivity index (χ1n) is 8.25. The van der Waals surface area contributed by atoms with Gasteiger partial charge in [0.1, 0.15) is 5.75 Å². The van der Waals surface area contributed by atoms with Crippen molar-refractivity contribution >= 4 is 0 Å². The van der Waals surface area contributed by atoms with Crippen molar-refractivity contribution < 1.29 is 4.74 Å². The van der Waals surface area contributed by atoms with E-state index in [0.29, 0.717) is 5.92 Å². The molecule has 1 saturated carbocycles. The van der Waals surface area contributed by atoms with E-state index < -0.39 is 0 Å². The number of hydrogen-bond acceptors (Lipinski definition) is 2. The van der Waals surface area contributed by atoms with E-state index in [4.69, 9.17) is 4.74 Å². The van der Waals surface area contributed by atoms with Crippen LogP contribution >= 0.6 is 0 Å². The fourth-order valence-electron chi connectivity index (χ4n) is 4.15. The van der Waals surface area contributed by atoms with Crippen LogP contribution in [0.15, 0.2) is 24.3 Å². The molecule has 1 aliphatic carbocycles. The summed E-state index contributed by atoms with van der Waals surface area (Å²) in [5.74, 6) is 3.61. The Balaban J connectivity index is 1.71. The van der Waals surface area contributed by atoms with Crippen molar-refractivity contribution in [1.29, 1.82) is 0 Å². The van der Waals surface area contributed by atoms with Crippen LogP contribution in [0.1, 0.15) is 50.0 Å². The smallest absolute Gasteiger partial charge is 0.122 e. The summed E-state index contributed by atoms with van der Waals surface area (Å²) in [5, 5.41) is 3.40. The molecule has 1 N–H and O–H groups in total. The molecule has 1 aliphatic heterocycles. The van der Waals surface area contributed by atoms with Gasteiger partial charge in [-0.25, -0.2) is 0 Å². The molecule has 0 bridgehead atoms. The molecule has 1 aromatic rings. The third-order valence-electron chi connectivity index (χ3n) is 5.20. The third-order valence-corrected chi connectivity index (χ3v) is 5.20.